The van der Waals surface area contributed by atoms with Crippen molar-refractivity contribution in [2.75, 3.05) is 6.54 Å². The third-order valence-electron chi connectivity index (χ3n) is 4.52. The van der Waals surface area contributed by atoms with Crippen molar-refractivity contribution in [3.8, 4) is 0 Å². The second-order valence-electron chi connectivity index (χ2n) is 6.58. The van der Waals surface area contributed by atoms with Crippen molar-refractivity contribution in [2.45, 2.75) is 51.9 Å². The summed E-state index contributed by atoms with van der Waals surface area (Å²) < 4.78 is 1.98. The molecule has 1 atom stereocenters. The quantitative estimate of drug-likeness (QED) is 0.883. The molecule has 2 heterocycles. The van der Waals surface area contributed by atoms with E-state index in [1.807, 2.05) is 22.8 Å². The summed E-state index contributed by atoms with van der Waals surface area (Å²) in [4.78, 5) is 14.9. The fourth-order valence-electron chi connectivity index (χ4n) is 3.24. The Balaban J connectivity index is 1.58. The molecule has 1 aromatic carbocycles. The summed E-state index contributed by atoms with van der Waals surface area (Å²) in [6, 6.07) is 10.5. The number of hydrogen-bond acceptors (Lipinski definition) is 4. The van der Waals surface area contributed by atoms with Gasteiger partial charge in [0.05, 0.1) is 12.6 Å². The van der Waals surface area contributed by atoms with Crippen LogP contribution in [0.15, 0.2) is 36.7 Å². The fraction of sp³-hybridized carbons (Fsp3) is 0.500. The summed E-state index contributed by atoms with van der Waals surface area (Å²) in [5, 5.41) is 11.1. The minimum Gasteiger partial charge on any atom is -0.347 e. The molecule has 0 saturated carbocycles. The minimum atomic E-state index is -0.0550. The van der Waals surface area contributed by atoms with Crippen molar-refractivity contribution in [1.29, 1.82) is 0 Å². The molecule has 6 nitrogen and oxygen atoms in total. The molecule has 128 valence electrons. The van der Waals surface area contributed by atoms with E-state index in [4.69, 9.17) is 0 Å². The van der Waals surface area contributed by atoms with Crippen molar-refractivity contribution in [1.82, 2.24) is 25.0 Å². The van der Waals surface area contributed by atoms with Crippen molar-refractivity contribution in [3.05, 3.63) is 48.0 Å². The summed E-state index contributed by atoms with van der Waals surface area (Å²) in [6.07, 6.45) is 3.69. The Kier molecular flexibility index (Phi) is 5.25. The fourth-order valence-corrected chi connectivity index (χ4v) is 3.24. The monoisotopic (exact) mass is 327 g/mol. The van der Waals surface area contributed by atoms with Crippen LogP contribution in [0.3, 0.4) is 0 Å². The van der Waals surface area contributed by atoms with E-state index in [9.17, 15) is 4.79 Å². The molecule has 0 aliphatic carbocycles. The average Bonchev–Trinajstić information content (AvgIpc) is 3.22. The van der Waals surface area contributed by atoms with Crippen molar-refractivity contribution in [2.24, 2.45) is 0 Å². The van der Waals surface area contributed by atoms with Gasteiger partial charge in [0.25, 0.3) is 0 Å². The smallest absolute Gasteiger partial charge is 0.237 e. The van der Waals surface area contributed by atoms with Crippen LogP contribution in [0.5, 0.6) is 0 Å². The van der Waals surface area contributed by atoms with Crippen LogP contribution in [0.1, 0.15) is 44.1 Å². The largest absolute Gasteiger partial charge is 0.347 e. The van der Waals surface area contributed by atoms with Gasteiger partial charge in [0, 0.05) is 12.6 Å². The van der Waals surface area contributed by atoms with Crippen LogP contribution >= 0.6 is 0 Å². The lowest BCUT2D eigenvalue weighted by atomic mass is 10.1. The Morgan fingerprint density at radius 3 is 2.88 bits per heavy atom. The molecule has 1 aliphatic rings. The maximum absolute atomic E-state index is 12.6. The molecule has 1 saturated heterocycles. The first-order valence-electron chi connectivity index (χ1n) is 8.59. The number of likely N-dealkylation sites (tertiary alicyclic amines) is 1. The van der Waals surface area contributed by atoms with E-state index < -0.39 is 0 Å². The summed E-state index contributed by atoms with van der Waals surface area (Å²) in [5.41, 5.74) is 1.25. The van der Waals surface area contributed by atoms with Gasteiger partial charge in [0.1, 0.15) is 6.33 Å². The maximum atomic E-state index is 12.6. The lowest BCUT2D eigenvalue weighted by Gasteiger charge is -2.23. The number of aromatic nitrogens is 3. The third kappa shape index (κ3) is 3.82. The Labute approximate surface area is 142 Å². The number of benzene rings is 1. The van der Waals surface area contributed by atoms with E-state index in [0.29, 0.717) is 6.54 Å². The molecular formula is C18H25N5O. The van der Waals surface area contributed by atoms with E-state index in [1.165, 1.54) is 5.56 Å². The van der Waals surface area contributed by atoms with Gasteiger partial charge in [-0.25, -0.2) is 0 Å². The number of hydrogen-bond donors (Lipinski definition) is 1. The molecule has 0 spiro atoms. The normalized spacial score (nSPS) is 18.2. The van der Waals surface area contributed by atoms with E-state index in [-0.39, 0.29) is 18.0 Å². The highest BCUT2D eigenvalue weighted by Crippen LogP contribution is 2.20. The number of carbonyl (C=O) groups excluding carboxylic acids is 1. The zero-order valence-corrected chi connectivity index (χ0v) is 14.4. The van der Waals surface area contributed by atoms with Crippen molar-refractivity contribution >= 4 is 5.91 Å². The Morgan fingerprint density at radius 1 is 1.33 bits per heavy atom. The van der Waals surface area contributed by atoms with Crippen LogP contribution in [-0.2, 0) is 17.9 Å². The molecule has 1 unspecified atom stereocenters. The van der Waals surface area contributed by atoms with Crippen molar-refractivity contribution < 1.29 is 4.79 Å². The van der Waals surface area contributed by atoms with Crippen LogP contribution in [0.25, 0.3) is 0 Å². The summed E-state index contributed by atoms with van der Waals surface area (Å²) in [7, 11) is 0. The Bertz CT molecular complexity index is 667. The number of carbonyl (C=O) groups is 1. The standard InChI is InChI=1S/C18H25N5O/c1-14(2)23-13-20-21-17(23)11-19-18(24)16-9-6-10-22(16)12-15-7-4-3-5-8-15/h3-5,7-8,13-14,16H,6,9-12H2,1-2H3,(H,19,24). The lowest BCUT2D eigenvalue weighted by Crippen LogP contribution is -2.42. The number of rotatable bonds is 6. The minimum absolute atomic E-state index is 0.0550. The van der Waals surface area contributed by atoms with Gasteiger partial charge in [-0.1, -0.05) is 30.3 Å². The summed E-state index contributed by atoms with van der Waals surface area (Å²) in [5.74, 6) is 0.882. The van der Waals surface area contributed by atoms with Gasteiger partial charge in [-0.3, -0.25) is 9.69 Å². The van der Waals surface area contributed by atoms with Gasteiger partial charge < -0.3 is 9.88 Å². The third-order valence-corrected chi connectivity index (χ3v) is 4.52. The highest BCUT2D eigenvalue weighted by Gasteiger charge is 2.30. The second kappa shape index (κ2) is 7.57. The molecule has 1 amide bonds. The topological polar surface area (TPSA) is 63.1 Å². The molecule has 1 N–H and O–H groups in total. The molecule has 1 aliphatic heterocycles. The summed E-state index contributed by atoms with van der Waals surface area (Å²) in [6.45, 7) is 6.36. The molecule has 3 rings (SSSR count). The van der Waals surface area contributed by atoms with Crippen LogP contribution in [0, 0.1) is 0 Å². The van der Waals surface area contributed by atoms with Crippen LogP contribution < -0.4 is 5.32 Å². The average molecular weight is 327 g/mol. The first kappa shape index (κ1) is 16.6. The molecule has 6 heteroatoms. The summed E-state index contributed by atoms with van der Waals surface area (Å²) >= 11 is 0. The molecule has 0 bridgehead atoms. The second-order valence-corrected chi connectivity index (χ2v) is 6.58. The van der Waals surface area contributed by atoms with Gasteiger partial charge in [-0.15, -0.1) is 10.2 Å². The molecular weight excluding hydrogens is 302 g/mol. The predicted octanol–water partition coefficient (Wildman–Crippen LogP) is 2.14. The van der Waals surface area contributed by atoms with E-state index >= 15 is 0 Å². The molecule has 1 aromatic heterocycles. The van der Waals surface area contributed by atoms with Crippen LogP contribution in [-0.4, -0.2) is 38.2 Å². The van der Waals surface area contributed by atoms with Crippen LogP contribution in [0.4, 0.5) is 0 Å². The van der Waals surface area contributed by atoms with Gasteiger partial charge in [-0.05, 0) is 38.8 Å². The Morgan fingerprint density at radius 2 is 2.12 bits per heavy atom. The van der Waals surface area contributed by atoms with Gasteiger partial charge in [0.2, 0.25) is 5.91 Å². The number of amides is 1. The first-order chi connectivity index (χ1) is 11.6. The van der Waals surface area contributed by atoms with Gasteiger partial charge in [-0.2, -0.15) is 0 Å². The number of nitrogens with zero attached hydrogens (tertiary/aromatic N) is 4. The molecule has 24 heavy (non-hydrogen) atoms. The highest BCUT2D eigenvalue weighted by molar-refractivity contribution is 5.81. The maximum Gasteiger partial charge on any atom is 0.237 e. The molecule has 0 radical (unpaired) electrons. The highest BCUT2D eigenvalue weighted by atomic mass is 16.2. The number of nitrogens with one attached hydrogen (secondary N) is 1. The van der Waals surface area contributed by atoms with Gasteiger partial charge >= 0.3 is 0 Å². The molecule has 2 aromatic rings. The molecule has 1 fully saturated rings. The Hall–Kier alpha value is -2.21. The first-order valence-corrected chi connectivity index (χ1v) is 8.59. The van der Waals surface area contributed by atoms with E-state index in [0.717, 1.165) is 31.8 Å². The lowest BCUT2D eigenvalue weighted by molar-refractivity contribution is -0.125. The van der Waals surface area contributed by atoms with Crippen molar-refractivity contribution in [3.63, 3.8) is 0 Å². The van der Waals surface area contributed by atoms with Crippen LogP contribution in [0.2, 0.25) is 0 Å². The zero-order chi connectivity index (χ0) is 16.9. The SMILES string of the molecule is CC(C)n1cnnc1CNC(=O)C1CCCN1Cc1ccccc1. The predicted molar refractivity (Wildman–Crippen MR) is 92.1 cm³/mol. The van der Waals surface area contributed by atoms with Gasteiger partial charge in [0.15, 0.2) is 5.82 Å². The van der Waals surface area contributed by atoms with E-state index in [1.54, 1.807) is 6.33 Å². The van der Waals surface area contributed by atoms with E-state index in [2.05, 4.69) is 46.4 Å². The zero-order valence-electron chi connectivity index (χ0n) is 14.4.